The van der Waals surface area contributed by atoms with E-state index in [2.05, 4.69) is 15.3 Å². The zero-order chi connectivity index (χ0) is 20.8. The summed E-state index contributed by atoms with van der Waals surface area (Å²) in [7, 11) is 0. The van der Waals surface area contributed by atoms with Gasteiger partial charge in [-0.05, 0) is 30.2 Å². The van der Waals surface area contributed by atoms with Crippen molar-refractivity contribution in [3.05, 3.63) is 58.9 Å². The van der Waals surface area contributed by atoms with E-state index in [9.17, 15) is 28.2 Å². The summed E-state index contributed by atoms with van der Waals surface area (Å²) in [5.74, 6) is -1.11. The van der Waals surface area contributed by atoms with Gasteiger partial charge in [0.2, 0.25) is 0 Å². The maximum Gasteiger partial charge on any atom is 0.433 e. The summed E-state index contributed by atoms with van der Waals surface area (Å²) >= 11 is 1.19. The number of aliphatic hydroxyl groups excluding tert-OH is 2. The van der Waals surface area contributed by atoms with Gasteiger partial charge in [0.1, 0.15) is 11.8 Å². The Kier molecular flexibility index (Phi) is 5.01. The highest BCUT2D eigenvalue weighted by molar-refractivity contribution is 7.20. The summed E-state index contributed by atoms with van der Waals surface area (Å²) in [4.78, 5) is 20.4. The first-order valence-corrected chi connectivity index (χ1v) is 9.61. The van der Waals surface area contributed by atoms with Crippen LogP contribution in [0.25, 0.3) is 10.2 Å². The molecule has 29 heavy (non-hydrogen) atoms. The molecule has 0 radical (unpaired) electrons. The molecule has 4 unspecified atom stereocenters. The van der Waals surface area contributed by atoms with Gasteiger partial charge in [0.05, 0.1) is 22.4 Å². The first-order chi connectivity index (χ1) is 13.7. The molecule has 1 fully saturated rings. The van der Waals surface area contributed by atoms with E-state index < -0.39 is 41.9 Å². The molecule has 2 heterocycles. The van der Waals surface area contributed by atoms with Gasteiger partial charge in [-0.25, -0.2) is 4.98 Å². The van der Waals surface area contributed by atoms with Crippen molar-refractivity contribution in [1.29, 1.82) is 0 Å². The highest BCUT2D eigenvalue weighted by Crippen LogP contribution is 2.36. The summed E-state index contributed by atoms with van der Waals surface area (Å²) < 4.78 is 39.0. The van der Waals surface area contributed by atoms with Crippen LogP contribution in [0.3, 0.4) is 0 Å². The number of nitrogens with zero attached hydrogens (tertiary/aromatic N) is 2. The van der Waals surface area contributed by atoms with Crippen LogP contribution in [-0.4, -0.2) is 44.3 Å². The third-order valence-corrected chi connectivity index (χ3v) is 6.02. The smallest absolute Gasteiger partial charge is 0.390 e. The molecule has 2 aromatic heterocycles. The van der Waals surface area contributed by atoms with E-state index >= 15 is 0 Å². The van der Waals surface area contributed by atoms with Crippen LogP contribution in [-0.2, 0) is 6.18 Å². The summed E-state index contributed by atoms with van der Waals surface area (Å²) in [6.45, 7) is 0. The molecule has 1 aliphatic carbocycles. The molecule has 6 nitrogen and oxygen atoms in total. The number of pyridine rings is 1. The van der Waals surface area contributed by atoms with Gasteiger partial charge in [0.25, 0.3) is 5.91 Å². The fraction of sp³-hybridized carbons (Fsp3) is 0.316. The van der Waals surface area contributed by atoms with E-state index in [4.69, 9.17) is 0 Å². The zero-order valence-corrected chi connectivity index (χ0v) is 15.6. The minimum absolute atomic E-state index is 0.0823. The Hall–Kier alpha value is -2.56. The van der Waals surface area contributed by atoms with Crippen molar-refractivity contribution in [3.63, 3.8) is 0 Å². The number of rotatable bonds is 3. The molecule has 4 rings (SSSR count). The molecule has 1 aromatic carbocycles. The number of nitrogens with one attached hydrogen (secondary N) is 1. The van der Waals surface area contributed by atoms with Crippen LogP contribution in [0.4, 0.5) is 13.2 Å². The number of para-hydroxylation sites is 1. The number of hydrogen-bond donors (Lipinski definition) is 3. The number of alkyl halides is 3. The number of carbonyl (C=O) groups is 1. The highest BCUT2D eigenvalue weighted by Gasteiger charge is 2.44. The van der Waals surface area contributed by atoms with Crippen LogP contribution in [0.2, 0.25) is 0 Å². The van der Waals surface area contributed by atoms with Crippen molar-refractivity contribution in [2.75, 3.05) is 0 Å². The van der Waals surface area contributed by atoms with Crippen molar-refractivity contribution < 1.29 is 28.2 Å². The normalized spacial score (nSPS) is 24.7. The predicted molar refractivity (Wildman–Crippen MR) is 99.5 cm³/mol. The molecule has 1 aliphatic rings. The lowest BCUT2D eigenvalue weighted by molar-refractivity contribution is -0.141. The van der Waals surface area contributed by atoms with E-state index in [1.54, 1.807) is 12.1 Å². The van der Waals surface area contributed by atoms with E-state index in [1.165, 1.54) is 17.4 Å². The SMILES string of the molecule is O=C(NC1C(c2ccc(C(F)(F)F)nc2)CC(O)C1O)c1nc2ccccc2s1. The maximum absolute atomic E-state index is 12.7. The predicted octanol–water partition coefficient (Wildman–Crippen LogP) is 2.72. The molecule has 0 bridgehead atoms. The molecule has 0 saturated heterocycles. The number of benzene rings is 1. The van der Waals surface area contributed by atoms with Crippen LogP contribution in [0.1, 0.15) is 33.4 Å². The van der Waals surface area contributed by atoms with Gasteiger partial charge in [-0.15, -0.1) is 11.3 Å². The lowest BCUT2D eigenvalue weighted by Crippen LogP contribution is -2.45. The molecule has 10 heteroatoms. The third kappa shape index (κ3) is 3.83. The average molecular weight is 423 g/mol. The lowest BCUT2D eigenvalue weighted by atomic mass is 9.94. The fourth-order valence-electron chi connectivity index (χ4n) is 3.53. The Morgan fingerprint density at radius 2 is 1.93 bits per heavy atom. The first-order valence-electron chi connectivity index (χ1n) is 8.80. The van der Waals surface area contributed by atoms with Crippen molar-refractivity contribution in [2.45, 2.75) is 36.8 Å². The number of hydrogen-bond acceptors (Lipinski definition) is 6. The number of fused-ring (bicyclic) bond motifs is 1. The monoisotopic (exact) mass is 423 g/mol. The minimum Gasteiger partial charge on any atom is -0.390 e. The van der Waals surface area contributed by atoms with E-state index in [0.717, 1.165) is 17.0 Å². The number of halogens is 3. The first kappa shape index (κ1) is 19.7. The minimum atomic E-state index is -4.56. The average Bonchev–Trinajstić information content (AvgIpc) is 3.24. The van der Waals surface area contributed by atoms with Crippen LogP contribution in [0.5, 0.6) is 0 Å². The van der Waals surface area contributed by atoms with E-state index in [-0.39, 0.29) is 11.4 Å². The second-order valence-corrected chi connectivity index (χ2v) is 7.89. The number of thiazole rings is 1. The third-order valence-electron chi connectivity index (χ3n) is 4.98. The second-order valence-electron chi connectivity index (χ2n) is 6.86. The number of aliphatic hydroxyl groups is 2. The van der Waals surface area contributed by atoms with Gasteiger partial charge in [0.15, 0.2) is 5.01 Å². The quantitative estimate of drug-likeness (QED) is 0.602. The van der Waals surface area contributed by atoms with Crippen LogP contribution >= 0.6 is 11.3 Å². The summed E-state index contributed by atoms with van der Waals surface area (Å²) in [6.07, 6.45) is -5.80. The number of aromatic nitrogens is 2. The molecule has 3 aromatic rings. The van der Waals surface area contributed by atoms with Crippen LogP contribution < -0.4 is 5.32 Å². The summed E-state index contributed by atoms with van der Waals surface area (Å²) in [5, 5.41) is 23.3. The molecule has 4 atom stereocenters. The molecule has 0 spiro atoms. The van der Waals surface area contributed by atoms with E-state index in [0.29, 0.717) is 11.1 Å². The molecule has 1 saturated carbocycles. The Balaban J connectivity index is 1.57. The molecular formula is C19H16F3N3O3S. The topological polar surface area (TPSA) is 95.3 Å². The van der Waals surface area contributed by atoms with E-state index in [1.807, 2.05) is 12.1 Å². The van der Waals surface area contributed by atoms with Gasteiger partial charge in [-0.1, -0.05) is 18.2 Å². The van der Waals surface area contributed by atoms with Crippen molar-refractivity contribution in [2.24, 2.45) is 0 Å². The van der Waals surface area contributed by atoms with Gasteiger partial charge < -0.3 is 15.5 Å². The van der Waals surface area contributed by atoms with Gasteiger partial charge >= 0.3 is 6.18 Å². The second kappa shape index (κ2) is 7.36. The van der Waals surface area contributed by atoms with Gasteiger partial charge in [0, 0.05) is 12.1 Å². The molecule has 1 amide bonds. The molecule has 0 aliphatic heterocycles. The van der Waals surface area contributed by atoms with Crippen molar-refractivity contribution in [3.8, 4) is 0 Å². The maximum atomic E-state index is 12.7. The Morgan fingerprint density at radius 1 is 1.17 bits per heavy atom. The molecule has 3 N–H and O–H groups in total. The van der Waals surface area contributed by atoms with Crippen molar-refractivity contribution in [1.82, 2.24) is 15.3 Å². The summed E-state index contributed by atoms with van der Waals surface area (Å²) in [6, 6.07) is 8.44. The standard InChI is InChI=1S/C19H16F3N3O3S/c20-19(21,22)14-6-5-9(8-23-14)10-7-12(26)16(27)15(10)25-17(28)18-24-11-3-1-2-4-13(11)29-18/h1-6,8,10,12,15-16,26-27H,7H2,(H,25,28). The fourth-order valence-corrected chi connectivity index (χ4v) is 4.40. The lowest BCUT2D eigenvalue weighted by Gasteiger charge is -2.23. The van der Waals surface area contributed by atoms with Gasteiger partial charge in [-0.3, -0.25) is 9.78 Å². The Bertz CT molecular complexity index is 1010. The number of carbonyl (C=O) groups excluding carboxylic acids is 1. The zero-order valence-electron chi connectivity index (χ0n) is 14.8. The largest absolute Gasteiger partial charge is 0.433 e. The highest BCUT2D eigenvalue weighted by atomic mass is 32.1. The molecule has 152 valence electrons. The molecular weight excluding hydrogens is 407 g/mol. The van der Waals surface area contributed by atoms with Crippen LogP contribution in [0.15, 0.2) is 42.6 Å². The summed E-state index contributed by atoms with van der Waals surface area (Å²) in [5.41, 5.74) is 0.0248. The number of amides is 1. The Morgan fingerprint density at radius 3 is 2.59 bits per heavy atom. The van der Waals surface area contributed by atoms with Crippen molar-refractivity contribution >= 4 is 27.5 Å². The van der Waals surface area contributed by atoms with Gasteiger partial charge in [-0.2, -0.15) is 13.2 Å². The Labute approximate surface area is 167 Å². The van der Waals surface area contributed by atoms with Crippen LogP contribution in [0, 0.1) is 0 Å².